The van der Waals surface area contributed by atoms with Gasteiger partial charge in [0.15, 0.2) is 0 Å². The largest absolute Gasteiger partial charge is 0.367 e. The highest BCUT2D eigenvalue weighted by molar-refractivity contribution is 5.54. The number of rotatable bonds is 5. The molecule has 0 spiro atoms. The number of hydrogen-bond acceptors (Lipinski definition) is 4. The maximum absolute atomic E-state index is 4.50. The molecule has 1 aliphatic rings. The monoisotopic (exact) mass is 290 g/mol. The Morgan fingerprint density at radius 1 is 1.38 bits per heavy atom. The van der Waals surface area contributed by atoms with Gasteiger partial charge >= 0.3 is 0 Å². The molecule has 1 N–H and O–H groups in total. The Hall–Kier alpha value is -1.13. The smallest absolute Gasteiger partial charge is 0.0448 e. The van der Waals surface area contributed by atoms with Crippen molar-refractivity contribution in [1.29, 1.82) is 0 Å². The zero-order chi connectivity index (χ0) is 15.2. The summed E-state index contributed by atoms with van der Waals surface area (Å²) in [4.78, 5) is 9.51. The number of aryl methyl sites for hydroxylation is 1. The van der Waals surface area contributed by atoms with Crippen molar-refractivity contribution in [2.24, 2.45) is 0 Å². The fraction of sp³-hybridized carbons (Fsp3) is 0.706. The molecule has 0 amide bonds. The molecule has 0 radical (unpaired) electrons. The average Bonchev–Trinajstić information content (AvgIpc) is 2.61. The van der Waals surface area contributed by atoms with Gasteiger partial charge in [0.1, 0.15) is 0 Å². The maximum Gasteiger partial charge on any atom is 0.0448 e. The summed E-state index contributed by atoms with van der Waals surface area (Å²) in [5.74, 6) is 0. The third kappa shape index (κ3) is 4.42. The van der Waals surface area contributed by atoms with Crippen molar-refractivity contribution < 1.29 is 0 Å². The van der Waals surface area contributed by atoms with Crippen LogP contribution in [0.15, 0.2) is 12.3 Å². The summed E-state index contributed by atoms with van der Waals surface area (Å²) in [6, 6.07) is 2.80. The average molecular weight is 290 g/mol. The lowest BCUT2D eigenvalue weighted by Crippen LogP contribution is -2.38. The number of likely N-dealkylation sites (N-methyl/N-ethyl adjacent to an activating group) is 1. The first-order chi connectivity index (χ1) is 10.1. The van der Waals surface area contributed by atoms with Gasteiger partial charge in [0.25, 0.3) is 0 Å². The molecule has 0 saturated carbocycles. The quantitative estimate of drug-likeness (QED) is 0.844. The van der Waals surface area contributed by atoms with Crippen molar-refractivity contribution in [3.8, 4) is 0 Å². The fourth-order valence-electron chi connectivity index (χ4n) is 3.11. The second-order valence-corrected chi connectivity index (χ2v) is 6.29. The Morgan fingerprint density at radius 3 is 2.95 bits per heavy atom. The van der Waals surface area contributed by atoms with E-state index >= 15 is 0 Å². The normalized spacial score (nSPS) is 20.6. The molecule has 1 atom stereocenters. The topological polar surface area (TPSA) is 31.4 Å². The van der Waals surface area contributed by atoms with Crippen molar-refractivity contribution in [2.45, 2.75) is 46.2 Å². The molecule has 4 nitrogen and oxygen atoms in total. The molecule has 1 fully saturated rings. The molecule has 118 valence electrons. The predicted octanol–water partition coefficient (Wildman–Crippen LogP) is 2.42. The van der Waals surface area contributed by atoms with Crippen molar-refractivity contribution in [1.82, 2.24) is 15.2 Å². The summed E-state index contributed by atoms with van der Waals surface area (Å²) < 4.78 is 0. The van der Waals surface area contributed by atoms with Crippen LogP contribution in [-0.4, -0.2) is 49.2 Å². The number of hydrogen-bond donors (Lipinski definition) is 1. The zero-order valence-electron chi connectivity index (χ0n) is 14.0. The molecule has 0 bridgehead atoms. The van der Waals surface area contributed by atoms with Gasteiger partial charge in [-0.1, -0.05) is 6.92 Å². The highest BCUT2D eigenvalue weighted by Gasteiger charge is 2.22. The van der Waals surface area contributed by atoms with Crippen LogP contribution in [0.5, 0.6) is 0 Å². The number of anilines is 1. The van der Waals surface area contributed by atoms with E-state index in [1.54, 1.807) is 0 Å². The first kappa shape index (κ1) is 16.2. The first-order valence-electron chi connectivity index (χ1n) is 8.23. The molecular formula is C17H30N4. The third-order valence-corrected chi connectivity index (χ3v) is 4.20. The summed E-state index contributed by atoms with van der Waals surface area (Å²) in [5.41, 5.74) is 3.80. The first-order valence-corrected chi connectivity index (χ1v) is 8.23. The Bertz CT molecular complexity index is 446. The van der Waals surface area contributed by atoms with Crippen LogP contribution in [-0.2, 0) is 6.54 Å². The molecule has 1 aromatic heterocycles. The van der Waals surface area contributed by atoms with Gasteiger partial charge in [-0.25, -0.2) is 0 Å². The molecule has 1 aromatic rings. The Morgan fingerprint density at radius 2 is 2.19 bits per heavy atom. The molecule has 0 aliphatic carbocycles. The van der Waals surface area contributed by atoms with Crippen LogP contribution >= 0.6 is 0 Å². The van der Waals surface area contributed by atoms with E-state index < -0.39 is 0 Å². The third-order valence-electron chi connectivity index (χ3n) is 4.20. The molecule has 0 aromatic carbocycles. The van der Waals surface area contributed by atoms with Gasteiger partial charge in [-0.2, -0.15) is 0 Å². The number of nitrogens with zero attached hydrogens (tertiary/aromatic N) is 3. The number of nitrogens with one attached hydrogen (secondary N) is 1. The van der Waals surface area contributed by atoms with Gasteiger partial charge in [0.2, 0.25) is 0 Å². The minimum atomic E-state index is 0.546. The molecule has 2 heterocycles. The van der Waals surface area contributed by atoms with Crippen molar-refractivity contribution in [3.63, 3.8) is 0 Å². The highest BCUT2D eigenvalue weighted by Crippen LogP contribution is 2.25. The summed E-state index contributed by atoms with van der Waals surface area (Å²) in [6.07, 6.45) is 4.44. The van der Waals surface area contributed by atoms with Gasteiger partial charge < -0.3 is 15.1 Å². The Kier molecular flexibility index (Phi) is 6.00. The van der Waals surface area contributed by atoms with Crippen molar-refractivity contribution in [2.75, 3.05) is 38.1 Å². The fourth-order valence-corrected chi connectivity index (χ4v) is 3.11. The minimum Gasteiger partial charge on any atom is -0.367 e. The molecule has 4 heteroatoms. The second-order valence-electron chi connectivity index (χ2n) is 6.29. The Labute approximate surface area is 129 Å². The molecule has 2 rings (SSSR count). The minimum absolute atomic E-state index is 0.546. The van der Waals surface area contributed by atoms with E-state index in [2.05, 4.69) is 60.2 Å². The van der Waals surface area contributed by atoms with Gasteiger partial charge in [-0.15, -0.1) is 0 Å². The van der Waals surface area contributed by atoms with Crippen LogP contribution in [0, 0.1) is 6.92 Å². The predicted molar refractivity (Wildman–Crippen MR) is 89.9 cm³/mol. The van der Waals surface area contributed by atoms with Crippen LogP contribution < -0.4 is 10.2 Å². The van der Waals surface area contributed by atoms with Crippen LogP contribution in [0.3, 0.4) is 0 Å². The van der Waals surface area contributed by atoms with Gasteiger partial charge in [-0.05, 0) is 52.9 Å². The summed E-state index contributed by atoms with van der Waals surface area (Å²) in [6.45, 7) is 12.0. The highest BCUT2D eigenvalue weighted by atomic mass is 15.2. The van der Waals surface area contributed by atoms with E-state index in [0.717, 1.165) is 31.9 Å². The van der Waals surface area contributed by atoms with Crippen LogP contribution in [0.1, 0.15) is 37.9 Å². The van der Waals surface area contributed by atoms with Gasteiger partial charge in [0.05, 0.1) is 0 Å². The van der Waals surface area contributed by atoms with Crippen molar-refractivity contribution >= 4 is 5.69 Å². The molecular weight excluding hydrogens is 260 g/mol. The number of pyridine rings is 1. The lowest BCUT2D eigenvalue weighted by molar-refractivity contribution is 0.337. The molecule has 1 unspecified atom stereocenters. The van der Waals surface area contributed by atoms with E-state index in [1.807, 2.05) is 0 Å². The van der Waals surface area contributed by atoms with E-state index in [0.29, 0.717) is 6.04 Å². The lowest BCUT2D eigenvalue weighted by Gasteiger charge is -2.32. The lowest BCUT2D eigenvalue weighted by atomic mass is 10.1. The summed E-state index contributed by atoms with van der Waals surface area (Å²) >= 11 is 0. The van der Waals surface area contributed by atoms with Gasteiger partial charge in [0, 0.05) is 48.8 Å². The number of aromatic nitrogens is 1. The zero-order valence-corrected chi connectivity index (χ0v) is 14.0. The summed E-state index contributed by atoms with van der Waals surface area (Å²) in [7, 11) is 2.22. The van der Waals surface area contributed by atoms with Crippen molar-refractivity contribution in [3.05, 3.63) is 23.5 Å². The standard InChI is InChI=1S/C17H30N4/c1-5-7-18-11-16-12-19-14(2)10-17(16)21-9-6-8-20(4)13-15(21)3/h10,12,15,18H,5-9,11,13H2,1-4H3. The van der Waals surface area contributed by atoms with Crippen LogP contribution in [0.2, 0.25) is 0 Å². The second kappa shape index (κ2) is 7.76. The van der Waals surface area contributed by atoms with E-state index in [-0.39, 0.29) is 0 Å². The van der Waals surface area contributed by atoms with E-state index in [9.17, 15) is 0 Å². The van der Waals surface area contributed by atoms with Crippen LogP contribution in [0.4, 0.5) is 5.69 Å². The summed E-state index contributed by atoms with van der Waals surface area (Å²) in [5, 5.41) is 3.51. The molecule has 1 saturated heterocycles. The van der Waals surface area contributed by atoms with E-state index in [1.165, 1.54) is 30.6 Å². The molecule has 1 aliphatic heterocycles. The van der Waals surface area contributed by atoms with E-state index in [4.69, 9.17) is 0 Å². The molecule has 21 heavy (non-hydrogen) atoms. The van der Waals surface area contributed by atoms with Gasteiger partial charge in [-0.3, -0.25) is 4.98 Å². The maximum atomic E-state index is 4.50. The van der Waals surface area contributed by atoms with Crippen LogP contribution in [0.25, 0.3) is 0 Å². The SMILES string of the molecule is CCCNCc1cnc(C)cc1N1CCCN(C)CC1C. The Balaban J connectivity index is 2.21.